The Balaban J connectivity index is 1.43. The van der Waals surface area contributed by atoms with Crippen molar-refractivity contribution in [3.8, 4) is 0 Å². The van der Waals surface area contributed by atoms with E-state index >= 15 is 0 Å². The van der Waals surface area contributed by atoms with E-state index in [1.165, 1.54) is 63.5 Å². The molecular weight excluding hydrogens is 258 g/mol. The highest BCUT2D eigenvalue weighted by Crippen LogP contribution is 2.34. The Hall–Kier alpha value is -0.830. The van der Waals surface area contributed by atoms with Crippen LogP contribution < -0.4 is 5.32 Å². The van der Waals surface area contributed by atoms with Crippen molar-refractivity contribution in [2.45, 2.75) is 83.2 Å². The highest BCUT2D eigenvalue weighted by atomic mass is 15.3. The minimum absolute atomic E-state index is 0.675. The van der Waals surface area contributed by atoms with Gasteiger partial charge in [-0.1, -0.05) is 26.2 Å². The van der Waals surface area contributed by atoms with Gasteiger partial charge >= 0.3 is 0 Å². The lowest BCUT2D eigenvalue weighted by Crippen LogP contribution is -2.30. The van der Waals surface area contributed by atoms with Crippen LogP contribution in [0.1, 0.15) is 76.4 Å². The molecule has 1 N–H and O–H groups in total. The third-order valence-electron chi connectivity index (χ3n) is 5.22. The van der Waals surface area contributed by atoms with Gasteiger partial charge in [0.1, 0.15) is 0 Å². The van der Waals surface area contributed by atoms with Gasteiger partial charge in [-0.3, -0.25) is 4.68 Å². The van der Waals surface area contributed by atoms with Gasteiger partial charge in [-0.2, -0.15) is 5.10 Å². The number of nitrogens with zero attached hydrogens (tertiary/aromatic N) is 2. The zero-order valence-corrected chi connectivity index (χ0v) is 13.6. The Kier molecular flexibility index (Phi) is 5.34. The third-order valence-corrected chi connectivity index (χ3v) is 5.22. The molecule has 0 amide bonds. The largest absolute Gasteiger partial charge is 0.314 e. The molecule has 1 aromatic rings. The number of aryl methyl sites for hydroxylation is 1. The Morgan fingerprint density at radius 3 is 2.76 bits per heavy atom. The average molecular weight is 289 g/mol. The van der Waals surface area contributed by atoms with Crippen LogP contribution in [0.2, 0.25) is 0 Å². The first kappa shape index (κ1) is 15.1. The molecule has 1 aromatic heterocycles. The molecule has 1 heterocycles. The Morgan fingerprint density at radius 2 is 2.05 bits per heavy atom. The molecule has 118 valence electrons. The Labute approximate surface area is 129 Å². The first-order valence-corrected chi connectivity index (χ1v) is 9.14. The minimum Gasteiger partial charge on any atom is -0.314 e. The fourth-order valence-electron chi connectivity index (χ4n) is 3.83. The number of rotatable bonds is 8. The van der Waals surface area contributed by atoms with E-state index in [0.29, 0.717) is 6.04 Å². The molecule has 2 fully saturated rings. The maximum Gasteiger partial charge on any atom is 0.0624 e. The summed E-state index contributed by atoms with van der Waals surface area (Å²) in [4.78, 5) is 0. The second kappa shape index (κ2) is 7.44. The number of nitrogens with one attached hydrogen (secondary N) is 1. The molecule has 2 aliphatic rings. The van der Waals surface area contributed by atoms with E-state index in [9.17, 15) is 0 Å². The summed E-state index contributed by atoms with van der Waals surface area (Å²) in [5.41, 5.74) is 1.30. The molecule has 0 saturated heterocycles. The molecule has 0 spiro atoms. The maximum absolute atomic E-state index is 4.83. The fraction of sp³-hybridized carbons (Fsp3) is 0.833. The quantitative estimate of drug-likeness (QED) is 0.781. The van der Waals surface area contributed by atoms with Crippen LogP contribution in [0, 0.1) is 5.92 Å². The summed E-state index contributed by atoms with van der Waals surface area (Å²) in [6.07, 6.45) is 15.7. The molecule has 0 bridgehead atoms. The monoisotopic (exact) mass is 289 g/mol. The molecule has 3 nitrogen and oxygen atoms in total. The topological polar surface area (TPSA) is 29.9 Å². The van der Waals surface area contributed by atoms with Crippen molar-refractivity contribution in [3.63, 3.8) is 0 Å². The highest BCUT2D eigenvalue weighted by molar-refractivity contribution is 5.00. The molecule has 0 radical (unpaired) electrons. The van der Waals surface area contributed by atoms with E-state index < -0.39 is 0 Å². The van der Waals surface area contributed by atoms with E-state index in [4.69, 9.17) is 5.10 Å². The summed E-state index contributed by atoms with van der Waals surface area (Å²) in [5, 5.41) is 8.50. The second-order valence-electron chi connectivity index (χ2n) is 6.97. The number of hydrogen-bond acceptors (Lipinski definition) is 2. The van der Waals surface area contributed by atoms with Crippen molar-refractivity contribution in [1.82, 2.24) is 15.1 Å². The number of aromatic nitrogens is 2. The van der Waals surface area contributed by atoms with Crippen molar-refractivity contribution in [2.75, 3.05) is 6.54 Å². The normalized spacial score (nSPS) is 21.6. The lowest BCUT2D eigenvalue weighted by Gasteiger charge is -2.21. The van der Waals surface area contributed by atoms with Crippen LogP contribution in [-0.2, 0) is 6.42 Å². The smallest absolute Gasteiger partial charge is 0.0624 e. The zero-order chi connectivity index (χ0) is 14.5. The van der Waals surface area contributed by atoms with Gasteiger partial charge in [0.15, 0.2) is 0 Å². The van der Waals surface area contributed by atoms with E-state index in [-0.39, 0.29) is 0 Å². The molecule has 0 aromatic carbocycles. The molecule has 3 heteroatoms. The predicted octanol–water partition coefficient (Wildman–Crippen LogP) is 4.10. The molecule has 1 atom stereocenters. The van der Waals surface area contributed by atoms with Crippen molar-refractivity contribution in [2.24, 2.45) is 5.92 Å². The molecule has 21 heavy (non-hydrogen) atoms. The first-order chi connectivity index (χ1) is 10.4. The van der Waals surface area contributed by atoms with Crippen LogP contribution in [0.4, 0.5) is 0 Å². The minimum atomic E-state index is 0.675. The number of hydrogen-bond donors (Lipinski definition) is 1. The van der Waals surface area contributed by atoms with Crippen LogP contribution in [0.5, 0.6) is 0 Å². The summed E-state index contributed by atoms with van der Waals surface area (Å²) in [5.74, 6) is 0.963. The lowest BCUT2D eigenvalue weighted by atomic mass is 9.96. The van der Waals surface area contributed by atoms with Gasteiger partial charge in [0.2, 0.25) is 0 Å². The van der Waals surface area contributed by atoms with Crippen LogP contribution >= 0.6 is 0 Å². The summed E-state index contributed by atoms with van der Waals surface area (Å²) in [6.45, 7) is 3.33. The van der Waals surface area contributed by atoms with E-state index in [2.05, 4.69) is 29.2 Å². The molecule has 1 unspecified atom stereocenters. The van der Waals surface area contributed by atoms with E-state index in [1.807, 2.05) is 0 Å². The Bertz CT molecular complexity index is 416. The predicted molar refractivity (Wildman–Crippen MR) is 87.5 cm³/mol. The van der Waals surface area contributed by atoms with Gasteiger partial charge in [0.05, 0.1) is 11.7 Å². The van der Waals surface area contributed by atoms with Gasteiger partial charge in [-0.05, 0) is 63.5 Å². The van der Waals surface area contributed by atoms with E-state index in [1.54, 1.807) is 0 Å². The summed E-state index contributed by atoms with van der Waals surface area (Å²) in [7, 11) is 0. The summed E-state index contributed by atoms with van der Waals surface area (Å²) >= 11 is 0. The van der Waals surface area contributed by atoms with Crippen LogP contribution in [-0.4, -0.2) is 22.4 Å². The Morgan fingerprint density at radius 1 is 1.24 bits per heavy atom. The van der Waals surface area contributed by atoms with E-state index in [0.717, 1.165) is 24.9 Å². The lowest BCUT2D eigenvalue weighted by molar-refractivity contribution is 0.327. The molecular formula is C18H31N3. The van der Waals surface area contributed by atoms with Gasteiger partial charge in [0.25, 0.3) is 0 Å². The standard InChI is InChI=1S/C18H31N3/c1-2-19-18(15-11-12-15)10-6-7-16-13-14-21(20-16)17-8-4-3-5-9-17/h13-15,17-19H,2-12H2,1H3. The van der Waals surface area contributed by atoms with Gasteiger partial charge < -0.3 is 5.32 Å². The molecule has 2 aliphatic carbocycles. The average Bonchev–Trinajstić information content (AvgIpc) is 3.26. The maximum atomic E-state index is 4.83. The molecule has 2 saturated carbocycles. The van der Waals surface area contributed by atoms with Crippen molar-refractivity contribution in [3.05, 3.63) is 18.0 Å². The summed E-state index contributed by atoms with van der Waals surface area (Å²) < 4.78 is 2.25. The van der Waals surface area contributed by atoms with Crippen molar-refractivity contribution < 1.29 is 0 Å². The first-order valence-electron chi connectivity index (χ1n) is 9.14. The SMILES string of the molecule is CCNC(CCCc1ccn(C2CCCCC2)n1)C1CC1. The highest BCUT2D eigenvalue weighted by Gasteiger charge is 2.29. The summed E-state index contributed by atoms with van der Waals surface area (Å²) in [6, 6.07) is 3.68. The van der Waals surface area contributed by atoms with Gasteiger partial charge in [-0.25, -0.2) is 0 Å². The third kappa shape index (κ3) is 4.32. The van der Waals surface area contributed by atoms with Gasteiger partial charge in [-0.15, -0.1) is 0 Å². The fourth-order valence-corrected chi connectivity index (χ4v) is 3.83. The van der Waals surface area contributed by atoms with Crippen LogP contribution in [0.25, 0.3) is 0 Å². The van der Waals surface area contributed by atoms with Crippen LogP contribution in [0.15, 0.2) is 12.3 Å². The molecule has 3 rings (SSSR count). The van der Waals surface area contributed by atoms with Crippen molar-refractivity contribution in [1.29, 1.82) is 0 Å². The second-order valence-corrected chi connectivity index (χ2v) is 6.97. The molecule has 0 aliphatic heterocycles. The van der Waals surface area contributed by atoms with Crippen molar-refractivity contribution >= 4 is 0 Å². The zero-order valence-electron chi connectivity index (χ0n) is 13.6. The van der Waals surface area contributed by atoms with Crippen LogP contribution in [0.3, 0.4) is 0 Å². The van der Waals surface area contributed by atoms with Gasteiger partial charge in [0, 0.05) is 12.2 Å².